The van der Waals surface area contributed by atoms with Gasteiger partial charge in [0.25, 0.3) is 0 Å². The van der Waals surface area contributed by atoms with Gasteiger partial charge in [0, 0.05) is 71.3 Å². The van der Waals surface area contributed by atoms with Crippen LogP contribution < -0.4 is 15.5 Å². The van der Waals surface area contributed by atoms with E-state index in [1.54, 1.807) is 0 Å². The summed E-state index contributed by atoms with van der Waals surface area (Å²) in [5, 5.41) is 6.74. The summed E-state index contributed by atoms with van der Waals surface area (Å²) < 4.78 is 24.2. The fourth-order valence-electron chi connectivity index (χ4n) is 3.71. The van der Waals surface area contributed by atoms with Crippen LogP contribution in [0, 0.1) is 5.82 Å². The molecule has 0 aromatic heterocycles. The predicted molar refractivity (Wildman–Crippen MR) is 119 cm³/mol. The second-order valence-electron chi connectivity index (χ2n) is 7.70. The number of benzene rings is 1. The van der Waals surface area contributed by atoms with Gasteiger partial charge in [0.1, 0.15) is 5.82 Å². The first-order valence-electron chi connectivity index (χ1n) is 11.2. The molecule has 2 N–H and O–H groups in total. The van der Waals surface area contributed by atoms with Crippen molar-refractivity contribution in [2.75, 3.05) is 77.1 Å². The van der Waals surface area contributed by atoms with E-state index in [-0.39, 0.29) is 11.9 Å². The van der Waals surface area contributed by atoms with E-state index in [0.717, 1.165) is 96.7 Å². The Morgan fingerprint density at radius 3 is 2.70 bits per heavy atom. The Morgan fingerprint density at radius 2 is 2.00 bits per heavy atom. The van der Waals surface area contributed by atoms with Crippen molar-refractivity contribution >= 4 is 11.6 Å². The van der Waals surface area contributed by atoms with E-state index in [9.17, 15) is 4.39 Å². The molecule has 30 heavy (non-hydrogen) atoms. The van der Waals surface area contributed by atoms with Gasteiger partial charge in [0.15, 0.2) is 5.96 Å². The number of halogens is 1. The molecule has 168 valence electrons. The number of ether oxygens (including phenoxy) is 2. The van der Waals surface area contributed by atoms with Gasteiger partial charge in [-0.2, -0.15) is 0 Å². The summed E-state index contributed by atoms with van der Waals surface area (Å²) in [6.45, 7) is 11.7. The van der Waals surface area contributed by atoms with Crippen molar-refractivity contribution in [2.24, 2.45) is 4.99 Å². The lowest BCUT2D eigenvalue weighted by atomic mass is 10.2. The van der Waals surface area contributed by atoms with Crippen LogP contribution in [-0.4, -0.2) is 89.1 Å². The number of hydrogen-bond acceptors (Lipinski definition) is 5. The van der Waals surface area contributed by atoms with Gasteiger partial charge in [-0.3, -0.25) is 9.89 Å². The van der Waals surface area contributed by atoms with Crippen LogP contribution >= 0.6 is 0 Å². The molecule has 2 aliphatic heterocycles. The standard InChI is InChI=1S/C22H36FN5O2/c1-2-24-22(25-9-3-16-30-21-8-17-29-18-21)26-10-11-27-12-14-28(15-13-27)20-6-4-19(23)5-7-20/h4-7,21H,2-3,8-18H2,1H3,(H2,24,25,26). The highest BCUT2D eigenvalue weighted by atomic mass is 19.1. The Labute approximate surface area is 179 Å². The molecule has 2 aliphatic rings. The van der Waals surface area contributed by atoms with Crippen molar-refractivity contribution in [1.29, 1.82) is 0 Å². The lowest BCUT2D eigenvalue weighted by Crippen LogP contribution is -2.49. The molecule has 8 heteroatoms. The highest BCUT2D eigenvalue weighted by Crippen LogP contribution is 2.16. The van der Waals surface area contributed by atoms with Crippen molar-refractivity contribution in [1.82, 2.24) is 15.5 Å². The first-order valence-corrected chi connectivity index (χ1v) is 11.2. The fraction of sp³-hybridized carbons (Fsp3) is 0.682. The second-order valence-corrected chi connectivity index (χ2v) is 7.70. The molecule has 0 aliphatic carbocycles. The summed E-state index contributed by atoms with van der Waals surface area (Å²) in [5.41, 5.74) is 1.10. The maximum Gasteiger partial charge on any atom is 0.191 e. The zero-order chi connectivity index (χ0) is 21.0. The SMILES string of the molecule is CCNC(=NCCCOC1CCOC1)NCCN1CCN(c2ccc(F)cc2)CC1. The lowest BCUT2D eigenvalue weighted by molar-refractivity contribution is 0.0424. The maximum atomic E-state index is 13.1. The Hall–Kier alpha value is -1.90. The summed E-state index contributed by atoms with van der Waals surface area (Å²) >= 11 is 0. The van der Waals surface area contributed by atoms with E-state index in [2.05, 4.69) is 32.3 Å². The van der Waals surface area contributed by atoms with Crippen molar-refractivity contribution in [2.45, 2.75) is 25.9 Å². The number of hydrogen-bond donors (Lipinski definition) is 2. The van der Waals surface area contributed by atoms with Gasteiger partial charge in [-0.15, -0.1) is 0 Å². The molecule has 1 aromatic carbocycles. The van der Waals surface area contributed by atoms with Gasteiger partial charge in [0.2, 0.25) is 0 Å². The molecule has 0 saturated carbocycles. The molecule has 0 spiro atoms. The van der Waals surface area contributed by atoms with E-state index >= 15 is 0 Å². The molecule has 2 heterocycles. The molecule has 0 amide bonds. The second kappa shape index (κ2) is 12.7. The molecular formula is C22H36FN5O2. The van der Waals surface area contributed by atoms with Crippen LogP contribution in [0.1, 0.15) is 19.8 Å². The van der Waals surface area contributed by atoms with Crippen molar-refractivity contribution in [3.8, 4) is 0 Å². The number of nitrogens with one attached hydrogen (secondary N) is 2. The normalized spacial score (nSPS) is 20.5. The summed E-state index contributed by atoms with van der Waals surface area (Å²) in [5.74, 6) is 0.684. The van der Waals surface area contributed by atoms with Gasteiger partial charge in [-0.25, -0.2) is 4.39 Å². The molecule has 2 saturated heterocycles. The zero-order valence-electron chi connectivity index (χ0n) is 18.1. The van der Waals surface area contributed by atoms with Gasteiger partial charge in [0.05, 0.1) is 12.7 Å². The average Bonchev–Trinajstić information content (AvgIpc) is 3.28. The third kappa shape index (κ3) is 7.74. The lowest BCUT2D eigenvalue weighted by Gasteiger charge is -2.36. The Kier molecular flexibility index (Phi) is 9.66. The Balaban J connectivity index is 1.29. The first kappa shape index (κ1) is 22.8. The minimum atomic E-state index is -0.183. The predicted octanol–water partition coefficient (Wildman–Crippen LogP) is 1.70. The van der Waals surface area contributed by atoms with E-state index in [4.69, 9.17) is 9.47 Å². The summed E-state index contributed by atoms with van der Waals surface area (Å²) in [6.07, 6.45) is 2.19. The van der Waals surface area contributed by atoms with Gasteiger partial charge >= 0.3 is 0 Å². The van der Waals surface area contributed by atoms with Crippen LogP contribution in [0.2, 0.25) is 0 Å². The molecule has 7 nitrogen and oxygen atoms in total. The van der Waals surface area contributed by atoms with E-state index in [1.807, 2.05) is 12.1 Å². The molecule has 1 unspecified atom stereocenters. The largest absolute Gasteiger partial charge is 0.379 e. The highest BCUT2D eigenvalue weighted by Gasteiger charge is 2.17. The zero-order valence-corrected chi connectivity index (χ0v) is 18.1. The maximum absolute atomic E-state index is 13.1. The number of guanidine groups is 1. The van der Waals surface area contributed by atoms with Crippen LogP contribution in [0.4, 0.5) is 10.1 Å². The van der Waals surface area contributed by atoms with E-state index in [0.29, 0.717) is 0 Å². The summed E-state index contributed by atoms with van der Waals surface area (Å²) in [7, 11) is 0. The van der Waals surface area contributed by atoms with E-state index < -0.39 is 0 Å². The number of rotatable bonds is 10. The van der Waals surface area contributed by atoms with Crippen LogP contribution in [0.25, 0.3) is 0 Å². The van der Waals surface area contributed by atoms with Crippen LogP contribution in [-0.2, 0) is 9.47 Å². The van der Waals surface area contributed by atoms with Crippen molar-refractivity contribution in [3.63, 3.8) is 0 Å². The average molecular weight is 422 g/mol. The number of aliphatic imine (C=N–C) groups is 1. The third-order valence-electron chi connectivity index (χ3n) is 5.44. The van der Waals surface area contributed by atoms with E-state index in [1.165, 1.54) is 12.1 Å². The molecular weight excluding hydrogens is 385 g/mol. The molecule has 1 aromatic rings. The minimum absolute atomic E-state index is 0.183. The highest BCUT2D eigenvalue weighted by molar-refractivity contribution is 5.79. The van der Waals surface area contributed by atoms with Gasteiger partial charge in [-0.1, -0.05) is 0 Å². The molecule has 2 fully saturated rings. The summed E-state index contributed by atoms with van der Waals surface area (Å²) in [6, 6.07) is 6.78. The Morgan fingerprint density at radius 1 is 1.20 bits per heavy atom. The molecule has 1 atom stereocenters. The Bertz CT molecular complexity index is 629. The quantitative estimate of drug-likeness (QED) is 0.341. The smallest absolute Gasteiger partial charge is 0.191 e. The van der Waals surface area contributed by atoms with Gasteiger partial charge in [-0.05, 0) is 44.0 Å². The van der Waals surface area contributed by atoms with Gasteiger partial charge < -0.3 is 25.0 Å². The topological polar surface area (TPSA) is 61.4 Å². The van der Waals surface area contributed by atoms with Crippen molar-refractivity contribution < 1.29 is 13.9 Å². The van der Waals surface area contributed by atoms with Crippen molar-refractivity contribution in [3.05, 3.63) is 30.1 Å². The monoisotopic (exact) mass is 421 g/mol. The number of nitrogens with zero attached hydrogens (tertiary/aromatic N) is 3. The summed E-state index contributed by atoms with van der Waals surface area (Å²) in [4.78, 5) is 9.41. The number of piperazine rings is 1. The van der Waals surface area contributed by atoms with Crippen LogP contribution in [0.3, 0.4) is 0 Å². The fourth-order valence-corrected chi connectivity index (χ4v) is 3.71. The van der Waals surface area contributed by atoms with Crippen LogP contribution in [0.15, 0.2) is 29.3 Å². The van der Waals surface area contributed by atoms with Crippen LogP contribution in [0.5, 0.6) is 0 Å². The third-order valence-corrected chi connectivity index (χ3v) is 5.44. The first-order chi connectivity index (χ1) is 14.7. The number of anilines is 1. The molecule has 3 rings (SSSR count). The molecule has 0 radical (unpaired) electrons. The molecule has 0 bridgehead atoms. The minimum Gasteiger partial charge on any atom is -0.379 e.